The third-order valence-electron chi connectivity index (χ3n) is 4.70. The topological polar surface area (TPSA) is 63.2 Å². The van der Waals surface area contributed by atoms with E-state index < -0.39 is 10.0 Å². The second-order valence-electron chi connectivity index (χ2n) is 6.87. The predicted octanol–water partition coefficient (Wildman–Crippen LogP) is 4.65. The van der Waals surface area contributed by atoms with Gasteiger partial charge in [0.15, 0.2) is 0 Å². The van der Waals surface area contributed by atoms with Crippen LogP contribution in [0.1, 0.15) is 28.3 Å². The number of fused-ring (bicyclic) bond motifs is 4. The Labute approximate surface area is 191 Å². The Bertz CT molecular complexity index is 1050. The van der Waals surface area contributed by atoms with Gasteiger partial charge in [0.05, 0.1) is 29.4 Å². The first-order chi connectivity index (χ1) is 14.4. The summed E-state index contributed by atoms with van der Waals surface area (Å²) >= 11 is 0.569. The molecular formula is C21H21Cl2N3NiO2S. The van der Waals surface area contributed by atoms with Gasteiger partial charge in [-0.2, -0.15) is 4.31 Å². The molecule has 9 heteroatoms. The molecule has 30 heavy (non-hydrogen) atoms. The van der Waals surface area contributed by atoms with E-state index >= 15 is 0 Å². The molecule has 0 spiro atoms. The van der Waals surface area contributed by atoms with Gasteiger partial charge in [-0.05, 0) is 56.2 Å². The van der Waals surface area contributed by atoms with Crippen LogP contribution >= 0.6 is 20.4 Å². The van der Waals surface area contributed by atoms with Crippen LogP contribution in [0, 0.1) is 6.92 Å². The van der Waals surface area contributed by atoms with E-state index in [0.29, 0.717) is 12.7 Å². The molecule has 0 fully saturated rings. The maximum atomic E-state index is 13.3. The molecule has 0 radical (unpaired) electrons. The van der Waals surface area contributed by atoms with Gasteiger partial charge in [0.2, 0.25) is 10.0 Å². The fourth-order valence-corrected chi connectivity index (χ4v) is 4.60. The summed E-state index contributed by atoms with van der Waals surface area (Å²) in [5, 5.41) is 0. The van der Waals surface area contributed by atoms with Crippen LogP contribution in [-0.2, 0) is 48.6 Å². The number of halogens is 2. The van der Waals surface area contributed by atoms with Crippen molar-refractivity contribution in [3.8, 4) is 0 Å². The number of hydrogen-bond acceptors (Lipinski definition) is 4. The number of aromatic nitrogens is 2. The molecule has 1 aliphatic rings. The summed E-state index contributed by atoms with van der Waals surface area (Å²) in [6, 6.07) is 18.5. The zero-order chi connectivity index (χ0) is 21.6. The number of benzene rings is 1. The second kappa shape index (κ2) is 10.7. The molecule has 0 unspecified atom stereocenters. The zero-order valence-electron chi connectivity index (χ0n) is 16.2. The fourth-order valence-electron chi connectivity index (χ4n) is 3.22. The Morgan fingerprint density at radius 2 is 1.23 bits per heavy atom. The average molecular weight is 509 g/mol. The number of hydrogen-bond donors (Lipinski definition) is 0. The zero-order valence-corrected chi connectivity index (χ0v) is 19.6. The summed E-state index contributed by atoms with van der Waals surface area (Å²) in [6.45, 7) is 2.38. The van der Waals surface area contributed by atoms with Gasteiger partial charge in [0, 0.05) is 11.4 Å². The van der Waals surface area contributed by atoms with Crippen LogP contribution in [0.4, 0.5) is 0 Å². The molecule has 0 saturated heterocycles. The van der Waals surface area contributed by atoms with Gasteiger partial charge >= 0.3 is 33.0 Å². The number of nitrogens with zero attached hydrogens (tertiary/aromatic N) is 3. The van der Waals surface area contributed by atoms with Crippen molar-refractivity contribution in [1.29, 1.82) is 0 Å². The summed E-state index contributed by atoms with van der Waals surface area (Å²) in [5.74, 6) is 0. The van der Waals surface area contributed by atoms with Gasteiger partial charge in [-0.25, -0.2) is 8.42 Å². The Morgan fingerprint density at radius 1 is 0.800 bits per heavy atom. The molecule has 3 heterocycles. The van der Waals surface area contributed by atoms with Gasteiger partial charge in [-0.15, -0.1) is 0 Å². The van der Waals surface area contributed by atoms with Crippen molar-refractivity contribution < 1.29 is 21.1 Å². The maximum absolute atomic E-state index is 13.3. The van der Waals surface area contributed by atoms with E-state index in [4.69, 9.17) is 20.4 Å². The van der Waals surface area contributed by atoms with Crippen molar-refractivity contribution in [1.82, 2.24) is 14.3 Å². The van der Waals surface area contributed by atoms with E-state index in [1.165, 1.54) is 4.31 Å². The summed E-state index contributed by atoms with van der Waals surface area (Å²) in [6.07, 6.45) is 1.57. The van der Waals surface area contributed by atoms with Crippen LogP contribution in [0.3, 0.4) is 0 Å². The van der Waals surface area contributed by atoms with Gasteiger partial charge in [-0.1, -0.05) is 29.8 Å². The van der Waals surface area contributed by atoms with E-state index in [-0.39, 0.29) is 18.0 Å². The van der Waals surface area contributed by atoms with Crippen LogP contribution in [0.15, 0.2) is 65.6 Å². The third kappa shape index (κ3) is 6.02. The van der Waals surface area contributed by atoms with Crippen LogP contribution in [0.25, 0.3) is 0 Å². The quantitative estimate of drug-likeness (QED) is 0.473. The van der Waals surface area contributed by atoms with E-state index in [1.807, 2.05) is 55.5 Å². The fraction of sp³-hybridized carbons (Fsp3) is 0.238. The minimum absolute atomic E-state index is 0.218. The molecule has 162 valence electrons. The first kappa shape index (κ1) is 23.2. The van der Waals surface area contributed by atoms with Gasteiger partial charge in [0.25, 0.3) is 0 Å². The minimum atomic E-state index is -3.67. The molecule has 0 N–H and O–H groups in total. The number of sulfonamides is 1. The number of pyridine rings is 2. The van der Waals surface area contributed by atoms with E-state index in [1.54, 1.807) is 12.1 Å². The second-order valence-corrected chi connectivity index (χ2v) is 10.4. The molecule has 1 aliphatic heterocycles. The Morgan fingerprint density at radius 3 is 1.70 bits per heavy atom. The molecule has 5 nitrogen and oxygen atoms in total. The Balaban J connectivity index is 0.000000806. The van der Waals surface area contributed by atoms with Crippen molar-refractivity contribution in [2.45, 2.75) is 37.8 Å². The van der Waals surface area contributed by atoms with Gasteiger partial charge < -0.3 is 0 Å². The first-order valence-corrected chi connectivity index (χ1v) is 13.4. The predicted molar refractivity (Wildman–Crippen MR) is 115 cm³/mol. The molecule has 1 aromatic carbocycles. The molecule has 2 aromatic heterocycles. The average Bonchev–Trinajstić information content (AvgIpc) is 2.74. The van der Waals surface area contributed by atoms with Gasteiger partial charge in [-0.3, -0.25) is 9.97 Å². The molecule has 4 rings (SSSR count). The molecule has 3 aromatic rings. The van der Waals surface area contributed by atoms with Crippen LogP contribution in [0.5, 0.6) is 0 Å². The van der Waals surface area contributed by atoms with E-state index in [9.17, 15) is 8.42 Å². The van der Waals surface area contributed by atoms with Crippen LogP contribution < -0.4 is 0 Å². The Hall–Kier alpha value is -1.50. The van der Waals surface area contributed by atoms with Crippen LogP contribution in [-0.4, -0.2) is 22.7 Å². The van der Waals surface area contributed by atoms with Crippen LogP contribution in [0.2, 0.25) is 0 Å². The number of aryl methyl sites for hydroxylation is 3. The van der Waals surface area contributed by atoms with Crippen molar-refractivity contribution in [2.24, 2.45) is 0 Å². The third-order valence-corrected chi connectivity index (χ3v) is 6.51. The summed E-state index contributed by atoms with van der Waals surface area (Å²) in [5.41, 5.74) is 4.43. The summed E-state index contributed by atoms with van der Waals surface area (Å²) in [4.78, 5) is 9.60. The van der Waals surface area contributed by atoms with Crippen molar-refractivity contribution in [3.63, 3.8) is 0 Å². The van der Waals surface area contributed by atoms with E-state index in [0.717, 1.165) is 41.2 Å². The van der Waals surface area contributed by atoms with Gasteiger partial charge in [0.1, 0.15) is 0 Å². The molecule has 0 amide bonds. The summed E-state index contributed by atoms with van der Waals surface area (Å²) in [7, 11) is 5.74. The molecule has 0 atom stereocenters. The molecule has 4 bridgehead atoms. The Kier molecular flexibility index (Phi) is 8.26. The van der Waals surface area contributed by atoms with Crippen molar-refractivity contribution in [2.75, 3.05) is 0 Å². The van der Waals surface area contributed by atoms with Crippen molar-refractivity contribution >= 4 is 30.4 Å². The first-order valence-electron chi connectivity index (χ1n) is 9.21. The summed E-state index contributed by atoms with van der Waals surface area (Å²) < 4.78 is 28.1. The monoisotopic (exact) mass is 507 g/mol. The van der Waals surface area contributed by atoms with E-state index in [2.05, 4.69) is 9.97 Å². The SMILES string of the molecule is Cc1ccc(S(=O)(=O)N2Cc3cccc(n3)CCc3cccc(n3)C2)cc1.[Cl][Ni][Cl]. The molecule has 0 aliphatic carbocycles. The molecule has 0 saturated carbocycles. The molecular weight excluding hydrogens is 488 g/mol. The normalized spacial score (nSPS) is 14.4. The number of rotatable bonds is 2. The standard InChI is InChI=1S/C21H21N3O2S.2ClH.Ni/c1-16-8-12-21(13-9-16)27(25,26)24-14-19-6-2-4-17(22-19)10-11-18-5-3-7-20(15-24)23-18;;;/h2-9,12-13H,10-11,14-15H2,1H3;2*1H;/q;;;+2/p-2. The van der Waals surface area contributed by atoms with Crippen molar-refractivity contribution in [3.05, 3.63) is 89.0 Å².